The fraction of sp³-hybridized carbons (Fsp3) is 0.571. The van der Waals surface area contributed by atoms with Crippen LogP contribution in [0, 0.1) is 5.41 Å². The molecule has 0 aliphatic heterocycles. The van der Waals surface area contributed by atoms with Crippen LogP contribution in [-0.4, -0.2) is 35.8 Å². The van der Waals surface area contributed by atoms with Gasteiger partial charge < -0.3 is 15.2 Å². The zero-order chi connectivity index (χ0) is 14.5. The number of nitrogens with one attached hydrogen (secondary N) is 1. The van der Waals surface area contributed by atoms with Crippen molar-refractivity contribution in [2.24, 2.45) is 5.41 Å². The Hall–Kier alpha value is -1.62. The maximum Gasteiger partial charge on any atom is 0.356 e. The molecule has 1 atom stereocenters. The van der Waals surface area contributed by atoms with Crippen molar-refractivity contribution in [3.8, 4) is 0 Å². The maximum absolute atomic E-state index is 11.3. The van der Waals surface area contributed by atoms with Crippen molar-refractivity contribution < 1.29 is 14.6 Å². The highest BCUT2D eigenvalue weighted by Gasteiger charge is 2.16. The van der Waals surface area contributed by atoms with Crippen molar-refractivity contribution in [2.75, 3.05) is 19.0 Å². The van der Waals surface area contributed by atoms with Crippen LogP contribution in [-0.2, 0) is 4.74 Å². The first-order chi connectivity index (χ1) is 8.81. The second-order valence-corrected chi connectivity index (χ2v) is 5.72. The first kappa shape index (κ1) is 15.4. The molecule has 1 aromatic rings. The molecule has 1 rings (SSSR count). The molecular weight excluding hydrogens is 244 g/mol. The van der Waals surface area contributed by atoms with Gasteiger partial charge in [0.1, 0.15) is 5.69 Å². The monoisotopic (exact) mass is 266 g/mol. The van der Waals surface area contributed by atoms with Crippen LogP contribution in [0.4, 0.5) is 5.69 Å². The largest absolute Gasteiger partial charge is 0.464 e. The molecule has 1 heterocycles. The highest BCUT2D eigenvalue weighted by Crippen LogP contribution is 2.21. The Morgan fingerprint density at radius 1 is 1.53 bits per heavy atom. The van der Waals surface area contributed by atoms with E-state index >= 15 is 0 Å². The van der Waals surface area contributed by atoms with Gasteiger partial charge in [0, 0.05) is 18.4 Å². The van der Waals surface area contributed by atoms with Crippen LogP contribution in [0.1, 0.15) is 37.7 Å². The van der Waals surface area contributed by atoms with E-state index in [1.54, 1.807) is 12.1 Å². The Kier molecular flexibility index (Phi) is 5.30. The molecule has 2 N–H and O–H groups in total. The lowest BCUT2D eigenvalue weighted by Crippen LogP contribution is -2.25. The fourth-order valence-electron chi connectivity index (χ4n) is 1.77. The number of aliphatic hydroxyl groups is 1. The maximum atomic E-state index is 11.3. The molecule has 0 aromatic carbocycles. The van der Waals surface area contributed by atoms with Gasteiger partial charge in [0.2, 0.25) is 0 Å². The first-order valence-corrected chi connectivity index (χ1v) is 6.28. The molecule has 0 spiro atoms. The van der Waals surface area contributed by atoms with Crippen molar-refractivity contribution >= 4 is 11.7 Å². The number of aromatic nitrogens is 1. The van der Waals surface area contributed by atoms with Crippen LogP contribution >= 0.6 is 0 Å². The number of hydrogen-bond donors (Lipinski definition) is 2. The topological polar surface area (TPSA) is 71.5 Å². The van der Waals surface area contributed by atoms with E-state index in [4.69, 9.17) is 0 Å². The van der Waals surface area contributed by atoms with Crippen molar-refractivity contribution in [1.82, 2.24) is 4.98 Å². The van der Waals surface area contributed by atoms with Crippen molar-refractivity contribution in [2.45, 2.75) is 33.3 Å². The standard InChI is InChI=1S/C14H22N2O3/c1-14(2,3)8-11(17)9-16-10-5-6-15-12(7-10)13(18)19-4/h5-7,11,17H,8-9H2,1-4H3,(H,15,16). The molecule has 19 heavy (non-hydrogen) atoms. The van der Waals surface area contributed by atoms with Gasteiger partial charge in [0.15, 0.2) is 0 Å². The van der Waals surface area contributed by atoms with E-state index in [0.717, 1.165) is 5.69 Å². The molecule has 5 heteroatoms. The molecule has 0 fully saturated rings. The third-order valence-electron chi connectivity index (χ3n) is 2.54. The van der Waals surface area contributed by atoms with E-state index in [-0.39, 0.29) is 11.1 Å². The van der Waals surface area contributed by atoms with E-state index < -0.39 is 12.1 Å². The van der Waals surface area contributed by atoms with Gasteiger partial charge in [-0.15, -0.1) is 0 Å². The zero-order valence-electron chi connectivity index (χ0n) is 11.9. The summed E-state index contributed by atoms with van der Waals surface area (Å²) in [5, 5.41) is 13.0. The Balaban J connectivity index is 2.56. The SMILES string of the molecule is COC(=O)c1cc(NCC(O)CC(C)(C)C)ccn1. The molecule has 0 saturated heterocycles. The Bertz CT molecular complexity index is 427. The molecule has 106 valence electrons. The number of esters is 1. The van der Waals surface area contributed by atoms with Crippen molar-refractivity contribution in [3.05, 3.63) is 24.0 Å². The van der Waals surface area contributed by atoms with E-state index in [9.17, 15) is 9.90 Å². The molecule has 0 aliphatic carbocycles. The minimum atomic E-state index is -0.473. The summed E-state index contributed by atoms with van der Waals surface area (Å²) in [6, 6.07) is 3.35. The lowest BCUT2D eigenvalue weighted by atomic mass is 9.89. The van der Waals surface area contributed by atoms with Gasteiger partial charge in [-0.2, -0.15) is 0 Å². The second-order valence-electron chi connectivity index (χ2n) is 5.72. The summed E-state index contributed by atoms with van der Waals surface area (Å²) in [5.41, 5.74) is 1.07. The Morgan fingerprint density at radius 3 is 2.79 bits per heavy atom. The summed E-state index contributed by atoms with van der Waals surface area (Å²) in [6.45, 7) is 6.68. The summed E-state index contributed by atoms with van der Waals surface area (Å²) in [5.74, 6) is -0.473. The van der Waals surface area contributed by atoms with Crippen LogP contribution in [0.2, 0.25) is 0 Å². The second kappa shape index (κ2) is 6.52. The molecule has 1 aromatic heterocycles. The average molecular weight is 266 g/mol. The van der Waals surface area contributed by atoms with Crippen molar-refractivity contribution in [3.63, 3.8) is 0 Å². The van der Waals surface area contributed by atoms with Gasteiger partial charge in [-0.05, 0) is 24.0 Å². The number of ether oxygens (including phenoxy) is 1. The van der Waals surface area contributed by atoms with Gasteiger partial charge in [0.05, 0.1) is 13.2 Å². The number of aliphatic hydroxyl groups excluding tert-OH is 1. The van der Waals surface area contributed by atoms with E-state index in [1.165, 1.54) is 13.3 Å². The molecular formula is C14H22N2O3. The summed E-state index contributed by atoms with van der Waals surface area (Å²) < 4.78 is 4.60. The molecule has 0 saturated carbocycles. The lowest BCUT2D eigenvalue weighted by Gasteiger charge is -2.22. The molecule has 5 nitrogen and oxygen atoms in total. The quantitative estimate of drug-likeness (QED) is 0.798. The van der Waals surface area contributed by atoms with E-state index in [0.29, 0.717) is 13.0 Å². The molecule has 0 radical (unpaired) electrons. The predicted octanol–water partition coefficient (Wildman–Crippen LogP) is 2.08. The predicted molar refractivity (Wildman–Crippen MR) is 74.1 cm³/mol. The average Bonchev–Trinajstić information content (AvgIpc) is 2.34. The van der Waals surface area contributed by atoms with Crippen molar-refractivity contribution in [1.29, 1.82) is 0 Å². The van der Waals surface area contributed by atoms with Gasteiger partial charge in [0.25, 0.3) is 0 Å². The minimum Gasteiger partial charge on any atom is -0.464 e. The third-order valence-corrected chi connectivity index (χ3v) is 2.54. The zero-order valence-corrected chi connectivity index (χ0v) is 11.9. The summed E-state index contributed by atoms with van der Waals surface area (Å²) in [4.78, 5) is 15.2. The highest BCUT2D eigenvalue weighted by atomic mass is 16.5. The van der Waals surface area contributed by atoms with Gasteiger partial charge in [-0.25, -0.2) is 9.78 Å². The number of carbonyl (C=O) groups is 1. The van der Waals surface area contributed by atoms with Crippen LogP contribution in [0.25, 0.3) is 0 Å². The van der Waals surface area contributed by atoms with E-state index in [2.05, 4.69) is 35.8 Å². The van der Waals surface area contributed by atoms with Crippen LogP contribution in [0.3, 0.4) is 0 Å². The number of rotatable bonds is 5. The number of pyridine rings is 1. The Labute approximate surface area is 114 Å². The van der Waals surface area contributed by atoms with Gasteiger partial charge >= 0.3 is 5.97 Å². The number of nitrogens with zero attached hydrogens (tertiary/aromatic N) is 1. The number of hydrogen-bond acceptors (Lipinski definition) is 5. The number of carbonyl (C=O) groups excluding carboxylic acids is 1. The molecule has 0 amide bonds. The van der Waals surface area contributed by atoms with Crippen LogP contribution < -0.4 is 5.32 Å². The number of anilines is 1. The normalized spacial score (nSPS) is 12.9. The minimum absolute atomic E-state index is 0.0799. The Morgan fingerprint density at radius 2 is 2.21 bits per heavy atom. The summed E-state index contributed by atoms with van der Waals surface area (Å²) in [7, 11) is 1.32. The number of methoxy groups -OCH3 is 1. The molecule has 0 aliphatic rings. The smallest absolute Gasteiger partial charge is 0.356 e. The van der Waals surface area contributed by atoms with Crippen LogP contribution in [0.5, 0.6) is 0 Å². The molecule has 0 bridgehead atoms. The van der Waals surface area contributed by atoms with E-state index in [1.807, 2.05) is 0 Å². The van der Waals surface area contributed by atoms with Gasteiger partial charge in [-0.1, -0.05) is 20.8 Å². The third kappa shape index (κ3) is 5.70. The summed E-state index contributed by atoms with van der Waals surface area (Å²) in [6.07, 6.45) is 1.80. The van der Waals surface area contributed by atoms with Crippen LogP contribution in [0.15, 0.2) is 18.3 Å². The molecule has 1 unspecified atom stereocenters. The lowest BCUT2D eigenvalue weighted by molar-refractivity contribution is 0.0594. The summed E-state index contributed by atoms with van der Waals surface area (Å²) >= 11 is 0. The first-order valence-electron chi connectivity index (χ1n) is 6.28. The van der Waals surface area contributed by atoms with Gasteiger partial charge in [-0.3, -0.25) is 0 Å². The highest BCUT2D eigenvalue weighted by molar-refractivity contribution is 5.88. The fourth-order valence-corrected chi connectivity index (χ4v) is 1.77.